The van der Waals surface area contributed by atoms with Crippen LogP contribution in [0.25, 0.3) is 0 Å². The topological polar surface area (TPSA) is 80.2 Å². The van der Waals surface area contributed by atoms with E-state index in [1.165, 1.54) is 12.8 Å². The molecule has 0 aromatic carbocycles. The van der Waals surface area contributed by atoms with Crippen molar-refractivity contribution in [2.24, 2.45) is 0 Å². The van der Waals surface area contributed by atoms with Gasteiger partial charge in [0.05, 0.1) is 24.9 Å². The van der Waals surface area contributed by atoms with Gasteiger partial charge in [0.25, 0.3) is 5.91 Å². The lowest BCUT2D eigenvalue weighted by Crippen LogP contribution is -2.33. The van der Waals surface area contributed by atoms with Gasteiger partial charge in [-0.15, -0.1) is 0 Å². The van der Waals surface area contributed by atoms with Crippen molar-refractivity contribution in [1.82, 2.24) is 19.9 Å². The number of anilines is 1. The van der Waals surface area contributed by atoms with E-state index in [1.807, 2.05) is 17.2 Å². The van der Waals surface area contributed by atoms with Gasteiger partial charge >= 0.3 is 0 Å². The molecule has 0 bridgehead atoms. The van der Waals surface area contributed by atoms with Gasteiger partial charge in [0.2, 0.25) is 5.88 Å². The van der Waals surface area contributed by atoms with Gasteiger partial charge in [0, 0.05) is 29.9 Å². The number of aromatic nitrogens is 3. The highest BCUT2D eigenvalue weighted by Crippen LogP contribution is 2.33. The maximum atomic E-state index is 13.0. The van der Waals surface area contributed by atoms with Crippen LogP contribution in [0.4, 0.5) is 5.82 Å². The first-order valence-corrected chi connectivity index (χ1v) is 10.1. The lowest BCUT2D eigenvalue weighted by Gasteiger charge is -2.22. The molecule has 2 aromatic rings. The molecule has 1 aliphatic heterocycles. The molecule has 0 unspecified atom stereocenters. The second-order valence-corrected chi connectivity index (χ2v) is 7.52. The summed E-state index contributed by atoms with van der Waals surface area (Å²) in [5.74, 6) is 1.49. The number of rotatable bonds is 7. The van der Waals surface area contributed by atoms with Crippen LogP contribution in [0.5, 0.6) is 5.88 Å². The molecule has 3 heterocycles. The highest BCUT2D eigenvalue weighted by atomic mass is 16.5. The van der Waals surface area contributed by atoms with Crippen LogP contribution in [0.15, 0.2) is 18.6 Å². The van der Waals surface area contributed by atoms with E-state index in [0.717, 1.165) is 48.3 Å². The van der Waals surface area contributed by atoms with E-state index in [-0.39, 0.29) is 5.91 Å². The maximum Gasteiger partial charge on any atom is 0.256 e. The van der Waals surface area contributed by atoms with Gasteiger partial charge in [-0.1, -0.05) is 26.2 Å². The summed E-state index contributed by atoms with van der Waals surface area (Å²) >= 11 is 0. The number of pyridine rings is 1. The summed E-state index contributed by atoms with van der Waals surface area (Å²) in [6.45, 7) is 3.22. The molecule has 1 N–H and O–H groups in total. The molecule has 1 fully saturated rings. The van der Waals surface area contributed by atoms with E-state index in [0.29, 0.717) is 30.6 Å². The van der Waals surface area contributed by atoms with Crippen LogP contribution in [-0.4, -0.2) is 38.9 Å². The van der Waals surface area contributed by atoms with Crippen molar-refractivity contribution in [3.8, 4) is 5.88 Å². The SMILES string of the molecule is CCCc1cncnc1NCc1cc2c(nc1OC)CN(C1CCCC1)C2=O. The minimum absolute atomic E-state index is 0.104. The molecule has 2 aromatic heterocycles. The highest BCUT2D eigenvalue weighted by Gasteiger charge is 2.35. The number of hydrogen-bond acceptors (Lipinski definition) is 6. The minimum Gasteiger partial charge on any atom is -0.481 e. The number of carbonyl (C=O) groups is 1. The van der Waals surface area contributed by atoms with Crippen molar-refractivity contribution in [3.63, 3.8) is 0 Å². The van der Waals surface area contributed by atoms with Gasteiger partial charge < -0.3 is 15.0 Å². The van der Waals surface area contributed by atoms with Crippen LogP contribution < -0.4 is 10.1 Å². The van der Waals surface area contributed by atoms with E-state index < -0.39 is 0 Å². The smallest absolute Gasteiger partial charge is 0.256 e. The lowest BCUT2D eigenvalue weighted by atomic mass is 10.1. The van der Waals surface area contributed by atoms with Crippen LogP contribution in [0.2, 0.25) is 0 Å². The third-order valence-electron chi connectivity index (χ3n) is 5.66. The monoisotopic (exact) mass is 381 g/mol. The standard InChI is InChI=1S/C21H27N5O2/c1-3-6-14-10-22-13-24-19(14)23-11-15-9-17-18(25-20(15)28-2)12-26(21(17)27)16-7-4-5-8-16/h9-10,13,16H,3-8,11-12H2,1-2H3,(H,22,23,24). The second kappa shape index (κ2) is 8.12. The summed E-state index contributed by atoms with van der Waals surface area (Å²) in [6, 6.07) is 2.29. The van der Waals surface area contributed by atoms with Crippen LogP contribution in [0.3, 0.4) is 0 Å². The van der Waals surface area contributed by atoms with Crippen molar-refractivity contribution in [2.45, 2.75) is 64.6 Å². The maximum absolute atomic E-state index is 13.0. The van der Waals surface area contributed by atoms with Gasteiger partial charge in [-0.3, -0.25) is 4.79 Å². The van der Waals surface area contributed by atoms with E-state index in [1.54, 1.807) is 13.4 Å². The molecule has 0 spiro atoms. The molecule has 148 valence electrons. The van der Waals surface area contributed by atoms with Crippen molar-refractivity contribution >= 4 is 11.7 Å². The third-order valence-corrected chi connectivity index (χ3v) is 5.66. The van der Waals surface area contributed by atoms with E-state index in [4.69, 9.17) is 4.74 Å². The molecule has 4 rings (SSSR count). The molecule has 7 heteroatoms. The second-order valence-electron chi connectivity index (χ2n) is 7.52. The Morgan fingerprint density at radius 1 is 1.29 bits per heavy atom. The molecular weight excluding hydrogens is 354 g/mol. The Morgan fingerprint density at radius 2 is 2.11 bits per heavy atom. The summed E-state index contributed by atoms with van der Waals surface area (Å²) in [4.78, 5) is 28.1. The molecule has 0 saturated heterocycles. The van der Waals surface area contributed by atoms with Gasteiger partial charge in [0.15, 0.2) is 0 Å². The van der Waals surface area contributed by atoms with Gasteiger partial charge in [-0.05, 0) is 25.3 Å². The Labute approximate surface area is 165 Å². The Morgan fingerprint density at radius 3 is 2.86 bits per heavy atom. The highest BCUT2D eigenvalue weighted by molar-refractivity contribution is 5.98. The fraction of sp³-hybridized carbons (Fsp3) is 0.524. The lowest BCUT2D eigenvalue weighted by molar-refractivity contribution is 0.0706. The fourth-order valence-electron chi connectivity index (χ4n) is 4.23. The Kier molecular flexibility index (Phi) is 5.41. The Balaban J connectivity index is 1.55. The molecular formula is C21H27N5O2. The molecule has 1 aliphatic carbocycles. The predicted molar refractivity (Wildman–Crippen MR) is 106 cm³/mol. The number of carbonyl (C=O) groups excluding carboxylic acids is 1. The first kappa shape index (κ1) is 18.7. The molecule has 1 saturated carbocycles. The number of fused-ring (bicyclic) bond motifs is 1. The molecule has 0 atom stereocenters. The Hall–Kier alpha value is -2.70. The fourth-order valence-corrected chi connectivity index (χ4v) is 4.23. The van der Waals surface area contributed by atoms with Crippen molar-refractivity contribution in [3.05, 3.63) is 41.0 Å². The number of ether oxygens (including phenoxy) is 1. The van der Waals surface area contributed by atoms with Crippen molar-refractivity contribution in [1.29, 1.82) is 0 Å². The summed E-state index contributed by atoms with van der Waals surface area (Å²) in [5.41, 5.74) is 3.48. The van der Waals surface area contributed by atoms with Gasteiger partial charge in [-0.2, -0.15) is 0 Å². The zero-order valence-electron chi connectivity index (χ0n) is 16.6. The van der Waals surface area contributed by atoms with E-state index in [9.17, 15) is 4.79 Å². The number of nitrogens with zero attached hydrogens (tertiary/aromatic N) is 4. The Bertz CT molecular complexity index is 864. The normalized spacial score (nSPS) is 16.5. The zero-order chi connectivity index (χ0) is 19.5. The largest absolute Gasteiger partial charge is 0.481 e. The van der Waals surface area contributed by atoms with Crippen LogP contribution in [0, 0.1) is 0 Å². The first-order chi connectivity index (χ1) is 13.7. The molecule has 28 heavy (non-hydrogen) atoms. The molecule has 7 nitrogen and oxygen atoms in total. The van der Waals surface area contributed by atoms with Gasteiger partial charge in [-0.25, -0.2) is 15.0 Å². The van der Waals surface area contributed by atoms with Gasteiger partial charge in [0.1, 0.15) is 12.1 Å². The number of aryl methyl sites for hydroxylation is 1. The molecule has 0 radical (unpaired) electrons. The number of nitrogens with one attached hydrogen (secondary N) is 1. The summed E-state index contributed by atoms with van der Waals surface area (Å²) in [7, 11) is 1.62. The van der Waals surface area contributed by atoms with Crippen molar-refractivity contribution in [2.75, 3.05) is 12.4 Å². The number of hydrogen-bond donors (Lipinski definition) is 1. The van der Waals surface area contributed by atoms with Crippen LogP contribution in [0.1, 0.15) is 66.2 Å². The quantitative estimate of drug-likeness (QED) is 0.792. The van der Waals surface area contributed by atoms with Crippen LogP contribution in [-0.2, 0) is 19.5 Å². The average molecular weight is 381 g/mol. The number of amides is 1. The average Bonchev–Trinajstić information content (AvgIpc) is 3.35. The summed E-state index contributed by atoms with van der Waals surface area (Å²) in [6.07, 6.45) is 9.93. The molecule has 2 aliphatic rings. The summed E-state index contributed by atoms with van der Waals surface area (Å²) in [5, 5.41) is 3.37. The third kappa shape index (κ3) is 3.53. The van der Waals surface area contributed by atoms with E-state index >= 15 is 0 Å². The zero-order valence-corrected chi connectivity index (χ0v) is 16.6. The minimum atomic E-state index is 0.104. The summed E-state index contributed by atoms with van der Waals surface area (Å²) < 4.78 is 5.52. The first-order valence-electron chi connectivity index (χ1n) is 10.1. The molecule has 1 amide bonds. The van der Waals surface area contributed by atoms with E-state index in [2.05, 4.69) is 27.2 Å². The predicted octanol–water partition coefficient (Wildman–Crippen LogP) is 3.34. The van der Waals surface area contributed by atoms with Crippen molar-refractivity contribution < 1.29 is 9.53 Å². The van der Waals surface area contributed by atoms with Crippen LogP contribution >= 0.6 is 0 Å². The number of methoxy groups -OCH3 is 1.